The first-order valence-corrected chi connectivity index (χ1v) is 5.92. The maximum Gasteiger partial charge on any atom is 0.323 e. The van der Waals surface area contributed by atoms with Gasteiger partial charge in [-0.15, -0.1) is 0 Å². The van der Waals surface area contributed by atoms with Gasteiger partial charge in [0.2, 0.25) is 0 Å². The molecule has 1 rings (SSSR count). The van der Waals surface area contributed by atoms with Gasteiger partial charge in [-0.2, -0.15) is 0 Å². The average molecular weight is 291 g/mol. The van der Waals surface area contributed by atoms with Gasteiger partial charge in [-0.05, 0) is 24.1 Å². The van der Waals surface area contributed by atoms with Gasteiger partial charge in [-0.3, -0.25) is 4.79 Å². The molecule has 0 saturated carbocycles. The predicted molar refractivity (Wildman–Crippen MR) is 69.2 cm³/mol. The van der Waals surface area contributed by atoms with Gasteiger partial charge in [0.05, 0.1) is 0 Å². The third-order valence-corrected chi connectivity index (χ3v) is 2.68. The first kappa shape index (κ1) is 14.6. The maximum absolute atomic E-state index is 11.1. The Labute approximate surface area is 114 Å². The highest BCUT2D eigenvalue weighted by Gasteiger charge is 2.04. The van der Waals surface area contributed by atoms with E-state index in [-0.39, 0.29) is 0 Å². The number of hydrogen-bond acceptors (Lipinski definition) is 2. The van der Waals surface area contributed by atoms with Crippen molar-refractivity contribution in [3.8, 4) is 0 Å². The molecule has 0 aromatic heterocycles. The van der Waals surface area contributed by atoms with Crippen LogP contribution in [0.5, 0.6) is 0 Å². The van der Waals surface area contributed by atoms with E-state index in [1.165, 1.54) is 0 Å². The van der Waals surface area contributed by atoms with E-state index in [0.29, 0.717) is 23.0 Å². The number of urea groups is 1. The first-order chi connectivity index (χ1) is 8.49. The van der Waals surface area contributed by atoms with Crippen LogP contribution in [0.4, 0.5) is 4.79 Å². The third-order valence-electron chi connectivity index (χ3n) is 2.10. The fourth-order valence-electron chi connectivity index (χ4n) is 1.25. The lowest BCUT2D eigenvalue weighted by Gasteiger charge is -2.07. The Bertz CT molecular complexity index is 452. The monoisotopic (exact) mass is 290 g/mol. The summed E-state index contributed by atoms with van der Waals surface area (Å²) >= 11 is 11.7. The molecule has 5 nitrogen and oxygen atoms in total. The van der Waals surface area contributed by atoms with Crippen LogP contribution in [0.25, 0.3) is 0 Å². The van der Waals surface area contributed by atoms with Gasteiger partial charge < -0.3 is 15.7 Å². The fraction of sp³-hybridized carbons (Fsp3) is 0.273. The topological polar surface area (TPSA) is 78.4 Å². The molecule has 0 fully saturated rings. The molecule has 7 heteroatoms. The van der Waals surface area contributed by atoms with E-state index in [9.17, 15) is 9.59 Å². The SMILES string of the molecule is O=C(O)CNC(=O)NCCc1ccc(Cl)cc1Cl. The Kier molecular flexibility index (Phi) is 5.74. The number of hydrogen-bond donors (Lipinski definition) is 3. The third kappa shape index (κ3) is 5.25. The molecule has 0 saturated heterocycles. The van der Waals surface area contributed by atoms with E-state index in [0.717, 1.165) is 5.56 Å². The van der Waals surface area contributed by atoms with Crippen molar-refractivity contribution in [3.63, 3.8) is 0 Å². The molecule has 0 atom stereocenters. The summed E-state index contributed by atoms with van der Waals surface area (Å²) in [6, 6.07) is 4.60. The van der Waals surface area contributed by atoms with Gasteiger partial charge in [0.25, 0.3) is 0 Å². The molecule has 1 aromatic rings. The van der Waals surface area contributed by atoms with Crippen LogP contribution in [0.2, 0.25) is 10.0 Å². The van der Waals surface area contributed by atoms with Crippen molar-refractivity contribution in [2.45, 2.75) is 6.42 Å². The van der Waals surface area contributed by atoms with Crippen molar-refractivity contribution in [2.24, 2.45) is 0 Å². The minimum Gasteiger partial charge on any atom is -0.480 e. The first-order valence-electron chi connectivity index (χ1n) is 5.16. The Hall–Kier alpha value is -1.46. The maximum atomic E-state index is 11.1. The zero-order chi connectivity index (χ0) is 13.5. The summed E-state index contributed by atoms with van der Waals surface area (Å²) < 4.78 is 0. The number of rotatable bonds is 5. The van der Waals surface area contributed by atoms with E-state index in [2.05, 4.69) is 10.6 Å². The lowest BCUT2D eigenvalue weighted by Crippen LogP contribution is -2.39. The van der Waals surface area contributed by atoms with Gasteiger partial charge in [-0.1, -0.05) is 29.3 Å². The Morgan fingerprint density at radius 2 is 1.94 bits per heavy atom. The normalized spacial score (nSPS) is 9.89. The average Bonchev–Trinajstić information content (AvgIpc) is 2.29. The van der Waals surface area contributed by atoms with Crippen LogP contribution >= 0.6 is 23.2 Å². The second-order valence-electron chi connectivity index (χ2n) is 3.49. The van der Waals surface area contributed by atoms with Crippen LogP contribution in [-0.2, 0) is 11.2 Å². The summed E-state index contributed by atoms with van der Waals surface area (Å²) in [5.74, 6) is -1.09. The molecule has 2 amide bonds. The largest absolute Gasteiger partial charge is 0.480 e. The summed E-state index contributed by atoms with van der Waals surface area (Å²) in [6.45, 7) is -0.0552. The summed E-state index contributed by atoms with van der Waals surface area (Å²) in [7, 11) is 0. The summed E-state index contributed by atoms with van der Waals surface area (Å²) in [5, 5.41) is 14.2. The van der Waals surface area contributed by atoms with E-state index < -0.39 is 18.5 Å². The molecule has 0 spiro atoms. The standard InChI is InChI=1S/C11H12Cl2N2O3/c12-8-2-1-7(9(13)5-8)3-4-14-11(18)15-6-10(16)17/h1-2,5H,3-4,6H2,(H,16,17)(H2,14,15,18). The molecular weight excluding hydrogens is 279 g/mol. The molecule has 98 valence electrons. The molecule has 0 aliphatic heterocycles. The van der Waals surface area contributed by atoms with Crippen molar-refractivity contribution < 1.29 is 14.7 Å². The van der Waals surface area contributed by atoms with Crippen LogP contribution in [-0.4, -0.2) is 30.2 Å². The highest BCUT2D eigenvalue weighted by Crippen LogP contribution is 2.20. The van der Waals surface area contributed by atoms with Crippen LogP contribution < -0.4 is 10.6 Å². The molecular formula is C11H12Cl2N2O3. The number of amides is 2. The summed E-state index contributed by atoms with van der Waals surface area (Å²) in [4.78, 5) is 21.3. The molecule has 0 radical (unpaired) electrons. The zero-order valence-electron chi connectivity index (χ0n) is 9.37. The second kappa shape index (κ2) is 7.08. The number of benzene rings is 1. The molecule has 3 N–H and O–H groups in total. The van der Waals surface area contributed by atoms with Crippen LogP contribution in [0, 0.1) is 0 Å². The number of carbonyl (C=O) groups excluding carboxylic acids is 1. The molecule has 0 unspecified atom stereocenters. The molecule has 0 heterocycles. The van der Waals surface area contributed by atoms with E-state index in [4.69, 9.17) is 28.3 Å². The number of carboxylic acid groups (broad SMARTS) is 1. The lowest BCUT2D eigenvalue weighted by molar-refractivity contribution is -0.135. The van der Waals surface area contributed by atoms with Crippen LogP contribution in [0.3, 0.4) is 0 Å². The molecule has 18 heavy (non-hydrogen) atoms. The van der Waals surface area contributed by atoms with E-state index in [1.54, 1.807) is 18.2 Å². The predicted octanol–water partition coefficient (Wildman–Crippen LogP) is 1.92. The molecule has 0 aliphatic carbocycles. The summed E-state index contributed by atoms with van der Waals surface area (Å²) in [6.07, 6.45) is 0.538. The van der Waals surface area contributed by atoms with E-state index >= 15 is 0 Å². The number of carbonyl (C=O) groups is 2. The van der Waals surface area contributed by atoms with Gasteiger partial charge >= 0.3 is 12.0 Å². The van der Waals surface area contributed by atoms with Gasteiger partial charge in [0.15, 0.2) is 0 Å². The highest BCUT2D eigenvalue weighted by atomic mass is 35.5. The van der Waals surface area contributed by atoms with Crippen molar-refractivity contribution in [3.05, 3.63) is 33.8 Å². The van der Waals surface area contributed by atoms with Gasteiger partial charge in [0.1, 0.15) is 6.54 Å². The number of nitrogens with one attached hydrogen (secondary N) is 2. The van der Waals surface area contributed by atoms with Crippen molar-refractivity contribution in [1.82, 2.24) is 10.6 Å². The summed E-state index contributed by atoms with van der Waals surface area (Å²) in [5.41, 5.74) is 0.861. The highest BCUT2D eigenvalue weighted by molar-refractivity contribution is 6.35. The Morgan fingerprint density at radius 1 is 1.22 bits per heavy atom. The van der Waals surface area contributed by atoms with Crippen molar-refractivity contribution in [2.75, 3.05) is 13.1 Å². The van der Waals surface area contributed by atoms with Crippen molar-refractivity contribution >= 4 is 35.2 Å². The van der Waals surface area contributed by atoms with Gasteiger partial charge in [-0.25, -0.2) is 4.79 Å². The molecule has 0 aliphatic rings. The number of aliphatic carboxylic acids is 1. The quantitative estimate of drug-likeness (QED) is 0.775. The van der Waals surface area contributed by atoms with Gasteiger partial charge in [0, 0.05) is 16.6 Å². The molecule has 0 bridgehead atoms. The number of carboxylic acids is 1. The molecule has 1 aromatic carbocycles. The fourth-order valence-corrected chi connectivity index (χ4v) is 1.76. The minimum atomic E-state index is -1.09. The second-order valence-corrected chi connectivity index (χ2v) is 4.33. The Balaban J connectivity index is 2.33. The van der Waals surface area contributed by atoms with Crippen molar-refractivity contribution in [1.29, 1.82) is 0 Å². The zero-order valence-corrected chi connectivity index (χ0v) is 10.9. The Morgan fingerprint density at radius 3 is 2.56 bits per heavy atom. The number of halogens is 2. The smallest absolute Gasteiger partial charge is 0.323 e. The van der Waals surface area contributed by atoms with E-state index in [1.807, 2.05) is 0 Å². The van der Waals surface area contributed by atoms with Crippen LogP contribution in [0.1, 0.15) is 5.56 Å². The minimum absolute atomic E-state index is 0.354. The van der Waals surface area contributed by atoms with Crippen LogP contribution in [0.15, 0.2) is 18.2 Å². The lowest BCUT2D eigenvalue weighted by atomic mass is 10.1.